The van der Waals surface area contributed by atoms with Crippen molar-refractivity contribution in [2.24, 2.45) is 5.92 Å². The van der Waals surface area contributed by atoms with Crippen LogP contribution in [0.25, 0.3) is 11.0 Å². The molecular formula is C17H22FNO2. The summed E-state index contributed by atoms with van der Waals surface area (Å²) in [5.41, 5.74) is 0.335. The smallest absolute Gasteiger partial charge is 0.169 e. The minimum atomic E-state index is -0.312. The molecule has 1 aromatic carbocycles. The lowest BCUT2D eigenvalue weighted by Crippen LogP contribution is -2.35. The molecule has 1 aliphatic rings. The molecule has 0 bridgehead atoms. The minimum absolute atomic E-state index is 0.0192. The Morgan fingerprint density at radius 3 is 2.86 bits per heavy atom. The van der Waals surface area contributed by atoms with E-state index in [2.05, 4.69) is 12.2 Å². The van der Waals surface area contributed by atoms with Gasteiger partial charge in [-0.1, -0.05) is 19.1 Å². The lowest BCUT2D eigenvalue weighted by Gasteiger charge is -2.25. The van der Waals surface area contributed by atoms with Crippen LogP contribution < -0.4 is 5.32 Å². The summed E-state index contributed by atoms with van der Waals surface area (Å²) in [5.74, 6) is 1.03. The summed E-state index contributed by atoms with van der Waals surface area (Å²) < 4.78 is 25.3. The molecule has 1 saturated carbocycles. The van der Waals surface area contributed by atoms with Gasteiger partial charge in [0.2, 0.25) is 0 Å². The molecule has 1 heterocycles. The van der Waals surface area contributed by atoms with E-state index < -0.39 is 0 Å². The Balaban J connectivity index is 1.94. The van der Waals surface area contributed by atoms with Crippen LogP contribution in [0, 0.1) is 11.7 Å². The second-order valence-corrected chi connectivity index (χ2v) is 5.78. The first-order chi connectivity index (χ1) is 10.2. The number of furan rings is 1. The van der Waals surface area contributed by atoms with Gasteiger partial charge in [0, 0.05) is 12.5 Å². The zero-order valence-corrected chi connectivity index (χ0v) is 12.6. The fraction of sp³-hybridized carbons (Fsp3) is 0.529. The third-order valence-electron chi connectivity index (χ3n) is 4.12. The molecule has 0 radical (unpaired) electrons. The SMILES string of the molecule is CCCNC(c1cc2cccc(F)c2o1)C(OC)C1CC1. The fourth-order valence-electron chi connectivity index (χ4n) is 2.90. The predicted molar refractivity (Wildman–Crippen MR) is 80.7 cm³/mol. The van der Waals surface area contributed by atoms with Crippen LogP contribution in [-0.4, -0.2) is 19.8 Å². The van der Waals surface area contributed by atoms with Crippen molar-refractivity contribution in [3.63, 3.8) is 0 Å². The van der Waals surface area contributed by atoms with Crippen LogP contribution >= 0.6 is 0 Å². The number of hydrogen-bond donors (Lipinski definition) is 1. The molecule has 1 N–H and O–H groups in total. The molecule has 2 atom stereocenters. The molecule has 2 aromatic rings. The number of nitrogens with one attached hydrogen (secondary N) is 1. The van der Waals surface area contributed by atoms with Crippen LogP contribution in [0.1, 0.15) is 38.0 Å². The highest BCUT2D eigenvalue weighted by Crippen LogP contribution is 2.41. The lowest BCUT2D eigenvalue weighted by atomic mass is 10.0. The van der Waals surface area contributed by atoms with Gasteiger partial charge in [0.15, 0.2) is 11.4 Å². The Bertz CT molecular complexity index is 606. The zero-order chi connectivity index (χ0) is 14.8. The van der Waals surface area contributed by atoms with E-state index in [0.717, 1.165) is 24.1 Å². The lowest BCUT2D eigenvalue weighted by molar-refractivity contribution is 0.0444. The largest absolute Gasteiger partial charge is 0.456 e. The average Bonchev–Trinajstić information content (AvgIpc) is 3.22. The number of fused-ring (bicyclic) bond motifs is 1. The van der Waals surface area contributed by atoms with Crippen molar-refractivity contribution in [1.82, 2.24) is 5.32 Å². The summed E-state index contributed by atoms with van der Waals surface area (Å²) in [6.45, 7) is 3.01. The first-order valence-electron chi connectivity index (χ1n) is 7.68. The van der Waals surface area contributed by atoms with Crippen LogP contribution in [0.15, 0.2) is 28.7 Å². The number of para-hydroxylation sites is 1. The molecule has 0 amide bonds. The molecule has 1 fully saturated rings. The molecule has 3 nitrogen and oxygen atoms in total. The van der Waals surface area contributed by atoms with Crippen molar-refractivity contribution in [3.05, 3.63) is 35.8 Å². The first-order valence-corrected chi connectivity index (χ1v) is 7.68. The maximum Gasteiger partial charge on any atom is 0.169 e. The number of benzene rings is 1. The molecular weight excluding hydrogens is 269 g/mol. The second-order valence-electron chi connectivity index (χ2n) is 5.78. The highest BCUT2D eigenvalue weighted by Gasteiger charge is 2.38. The summed E-state index contributed by atoms with van der Waals surface area (Å²) >= 11 is 0. The Hall–Kier alpha value is -1.39. The van der Waals surface area contributed by atoms with Gasteiger partial charge in [0.05, 0.1) is 12.1 Å². The van der Waals surface area contributed by atoms with Gasteiger partial charge in [-0.2, -0.15) is 0 Å². The van der Waals surface area contributed by atoms with Crippen molar-refractivity contribution in [1.29, 1.82) is 0 Å². The van der Waals surface area contributed by atoms with Crippen LogP contribution in [0.4, 0.5) is 4.39 Å². The standard InChI is InChI=1S/C17H22FNO2/c1-3-9-19-15(17(20-2)11-7-8-11)14-10-12-5-4-6-13(18)16(12)21-14/h4-6,10-11,15,17,19H,3,7-9H2,1-2H3. The van der Waals surface area contributed by atoms with Gasteiger partial charge in [-0.3, -0.25) is 0 Å². The number of halogens is 1. The molecule has 0 saturated heterocycles. The van der Waals surface area contributed by atoms with Gasteiger partial charge < -0.3 is 14.5 Å². The van der Waals surface area contributed by atoms with Gasteiger partial charge in [-0.25, -0.2) is 4.39 Å². The van der Waals surface area contributed by atoms with Crippen LogP contribution in [0.2, 0.25) is 0 Å². The summed E-state index contributed by atoms with van der Waals surface area (Å²) in [5, 5.41) is 4.30. The Labute approximate surface area is 124 Å². The van der Waals surface area contributed by atoms with E-state index in [1.807, 2.05) is 12.1 Å². The van der Waals surface area contributed by atoms with Gasteiger partial charge in [0.1, 0.15) is 5.76 Å². The molecule has 0 aliphatic heterocycles. The van der Waals surface area contributed by atoms with E-state index in [0.29, 0.717) is 11.5 Å². The zero-order valence-electron chi connectivity index (χ0n) is 12.6. The molecule has 21 heavy (non-hydrogen) atoms. The number of hydrogen-bond acceptors (Lipinski definition) is 3. The number of ether oxygens (including phenoxy) is 1. The van der Waals surface area contributed by atoms with Crippen LogP contribution in [-0.2, 0) is 4.74 Å². The molecule has 2 unspecified atom stereocenters. The molecule has 1 aromatic heterocycles. The summed E-state index contributed by atoms with van der Waals surface area (Å²) in [6, 6.07) is 6.93. The van der Waals surface area contributed by atoms with Gasteiger partial charge in [-0.05, 0) is 43.9 Å². The number of methoxy groups -OCH3 is 1. The highest BCUT2D eigenvalue weighted by molar-refractivity contribution is 5.78. The van der Waals surface area contributed by atoms with E-state index in [1.54, 1.807) is 13.2 Å². The van der Waals surface area contributed by atoms with Gasteiger partial charge in [-0.15, -0.1) is 0 Å². The van der Waals surface area contributed by atoms with Crippen molar-refractivity contribution in [2.45, 2.75) is 38.3 Å². The van der Waals surface area contributed by atoms with E-state index in [4.69, 9.17) is 9.15 Å². The van der Waals surface area contributed by atoms with Crippen molar-refractivity contribution in [2.75, 3.05) is 13.7 Å². The van der Waals surface area contributed by atoms with Crippen molar-refractivity contribution < 1.29 is 13.5 Å². The molecule has 1 aliphatic carbocycles. The Morgan fingerprint density at radius 2 is 2.24 bits per heavy atom. The maximum absolute atomic E-state index is 13.8. The van der Waals surface area contributed by atoms with Gasteiger partial charge >= 0.3 is 0 Å². The van der Waals surface area contributed by atoms with E-state index in [9.17, 15) is 4.39 Å². The van der Waals surface area contributed by atoms with E-state index in [-0.39, 0.29) is 18.0 Å². The van der Waals surface area contributed by atoms with Crippen molar-refractivity contribution in [3.8, 4) is 0 Å². The quantitative estimate of drug-likeness (QED) is 0.836. The molecule has 0 spiro atoms. The second kappa shape index (κ2) is 6.16. The molecule has 3 rings (SSSR count). The van der Waals surface area contributed by atoms with Crippen LogP contribution in [0.3, 0.4) is 0 Å². The third kappa shape index (κ3) is 2.97. The fourth-order valence-corrected chi connectivity index (χ4v) is 2.90. The summed E-state index contributed by atoms with van der Waals surface area (Å²) in [4.78, 5) is 0. The monoisotopic (exact) mass is 291 g/mol. The predicted octanol–water partition coefficient (Wildman–Crippen LogP) is 4.04. The van der Waals surface area contributed by atoms with E-state index in [1.165, 1.54) is 18.9 Å². The topological polar surface area (TPSA) is 34.4 Å². The highest BCUT2D eigenvalue weighted by atomic mass is 19.1. The normalized spacial score (nSPS) is 18.0. The molecule has 114 valence electrons. The minimum Gasteiger partial charge on any atom is -0.456 e. The Morgan fingerprint density at radius 1 is 1.43 bits per heavy atom. The maximum atomic E-state index is 13.8. The average molecular weight is 291 g/mol. The van der Waals surface area contributed by atoms with Crippen LogP contribution in [0.5, 0.6) is 0 Å². The van der Waals surface area contributed by atoms with Crippen molar-refractivity contribution >= 4 is 11.0 Å². The summed E-state index contributed by atoms with van der Waals surface area (Å²) in [7, 11) is 1.74. The molecule has 4 heteroatoms. The number of rotatable bonds is 7. The summed E-state index contributed by atoms with van der Waals surface area (Å²) in [6.07, 6.45) is 3.50. The Kier molecular flexibility index (Phi) is 4.27. The van der Waals surface area contributed by atoms with E-state index >= 15 is 0 Å². The van der Waals surface area contributed by atoms with Gasteiger partial charge in [0.25, 0.3) is 0 Å². The first kappa shape index (κ1) is 14.5. The third-order valence-corrected chi connectivity index (χ3v) is 4.12.